The number of aromatic amines is 1. The average molecular weight is 285 g/mol. The van der Waals surface area contributed by atoms with E-state index in [-0.39, 0.29) is 5.03 Å². The van der Waals surface area contributed by atoms with Crippen molar-refractivity contribution in [2.24, 2.45) is 5.92 Å². The second kappa shape index (κ2) is 6.05. The minimum absolute atomic E-state index is 0.211. The van der Waals surface area contributed by atoms with Crippen LogP contribution in [0.3, 0.4) is 0 Å². The van der Waals surface area contributed by atoms with Gasteiger partial charge in [0, 0.05) is 20.0 Å². The SMILES string of the molecule is CCc1ncc(S(=O)(=O)N(C)CC2CCCCC2)[nH]1. The zero-order valence-corrected chi connectivity index (χ0v) is 12.5. The third-order valence-corrected chi connectivity index (χ3v) is 5.60. The van der Waals surface area contributed by atoms with Gasteiger partial charge in [-0.25, -0.2) is 13.4 Å². The molecule has 1 heterocycles. The van der Waals surface area contributed by atoms with Crippen LogP contribution < -0.4 is 0 Å². The lowest BCUT2D eigenvalue weighted by Gasteiger charge is -2.26. The lowest BCUT2D eigenvalue weighted by molar-refractivity contribution is 0.299. The van der Waals surface area contributed by atoms with E-state index in [4.69, 9.17) is 0 Å². The van der Waals surface area contributed by atoms with Gasteiger partial charge in [0.05, 0.1) is 6.20 Å². The topological polar surface area (TPSA) is 66.1 Å². The van der Waals surface area contributed by atoms with Gasteiger partial charge in [0.2, 0.25) is 0 Å². The summed E-state index contributed by atoms with van der Waals surface area (Å²) in [5.74, 6) is 1.21. The molecule has 0 aromatic carbocycles. The molecule has 6 heteroatoms. The second-order valence-electron chi connectivity index (χ2n) is 5.34. The molecule has 0 aliphatic heterocycles. The Morgan fingerprint density at radius 2 is 2.05 bits per heavy atom. The van der Waals surface area contributed by atoms with E-state index >= 15 is 0 Å². The van der Waals surface area contributed by atoms with Gasteiger partial charge in [0.25, 0.3) is 10.0 Å². The summed E-state index contributed by atoms with van der Waals surface area (Å²) in [7, 11) is -1.75. The van der Waals surface area contributed by atoms with Gasteiger partial charge in [0.15, 0.2) is 5.03 Å². The van der Waals surface area contributed by atoms with Crippen LogP contribution in [0.5, 0.6) is 0 Å². The molecule has 0 atom stereocenters. The fraction of sp³-hybridized carbons (Fsp3) is 0.769. The van der Waals surface area contributed by atoms with Gasteiger partial charge >= 0.3 is 0 Å². The first kappa shape index (κ1) is 14.5. The van der Waals surface area contributed by atoms with E-state index in [0.717, 1.165) is 12.8 Å². The van der Waals surface area contributed by atoms with E-state index in [1.807, 2.05) is 6.92 Å². The van der Waals surface area contributed by atoms with Crippen LogP contribution >= 0.6 is 0 Å². The zero-order valence-electron chi connectivity index (χ0n) is 11.7. The minimum atomic E-state index is -3.41. The largest absolute Gasteiger partial charge is 0.332 e. The van der Waals surface area contributed by atoms with Crippen molar-refractivity contribution in [2.45, 2.75) is 50.5 Å². The van der Waals surface area contributed by atoms with Crippen molar-refractivity contribution >= 4 is 10.0 Å². The van der Waals surface area contributed by atoms with E-state index < -0.39 is 10.0 Å². The zero-order chi connectivity index (χ0) is 13.9. The normalized spacial score (nSPS) is 18.1. The van der Waals surface area contributed by atoms with Crippen LogP contribution in [0.1, 0.15) is 44.9 Å². The first-order valence-electron chi connectivity index (χ1n) is 7.04. The van der Waals surface area contributed by atoms with Gasteiger partial charge in [0.1, 0.15) is 5.82 Å². The Labute approximate surface area is 115 Å². The smallest absolute Gasteiger partial charge is 0.259 e. The molecule has 1 saturated carbocycles. The number of rotatable bonds is 5. The molecule has 1 aliphatic rings. The number of nitrogens with zero attached hydrogens (tertiary/aromatic N) is 2. The van der Waals surface area contributed by atoms with Crippen LogP contribution in [0.15, 0.2) is 11.2 Å². The number of hydrogen-bond acceptors (Lipinski definition) is 3. The van der Waals surface area contributed by atoms with Crippen LogP contribution in [0.2, 0.25) is 0 Å². The molecule has 0 radical (unpaired) electrons. The van der Waals surface area contributed by atoms with Gasteiger partial charge in [-0.05, 0) is 18.8 Å². The maximum Gasteiger partial charge on any atom is 0.259 e. The average Bonchev–Trinajstić information content (AvgIpc) is 2.89. The third-order valence-electron chi connectivity index (χ3n) is 3.87. The van der Waals surface area contributed by atoms with E-state index in [1.165, 1.54) is 29.8 Å². The van der Waals surface area contributed by atoms with Crippen molar-refractivity contribution < 1.29 is 8.42 Å². The Kier molecular flexibility index (Phi) is 4.62. The van der Waals surface area contributed by atoms with Crippen LogP contribution in [-0.2, 0) is 16.4 Å². The molecule has 1 fully saturated rings. The number of nitrogens with one attached hydrogen (secondary N) is 1. The number of imidazole rings is 1. The van der Waals surface area contributed by atoms with E-state index in [9.17, 15) is 8.42 Å². The molecule has 1 aliphatic carbocycles. The van der Waals surface area contributed by atoms with Crippen molar-refractivity contribution in [1.29, 1.82) is 0 Å². The molecule has 2 rings (SSSR count). The summed E-state index contributed by atoms with van der Waals surface area (Å²) in [6.07, 6.45) is 8.15. The lowest BCUT2D eigenvalue weighted by atomic mass is 9.89. The summed E-state index contributed by atoms with van der Waals surface area (Å²) in [4.78, 5) is 6.95. The van der Waals surface area contributed by atoms with Gasteiger partial charge in [-0.15, -0.1) is 0 Å². The first-order chi connectivity index (χ1) is 9.04. The maximum absolute atomic E-state index is 12.4. The number of H-pyrrole nitrogens is 1. The number of hydrogen-bond donors (Lipinski definition) is 1. The molecule has 19 heavy (non-hydrogen) atoms. The Balaban J connectivity index is 2.05. The summed E-state index contributed by atoms with van der Waals surface area (Å²) in [5.41, 5.74) is 0. The highest BCUT2D eigenvalue weighted by molar-refractivity contribution is 7.89. The fourth-order valence-corrected chi connectivity index (χ4v) is 3.83. The van der Waals surface area contributed by atoms with Crippen LogP contribution in [-0.4, -0.2) is 36.3 Å². The van der Waals surface area contributed by atoms with Crippen molar-refractivity contribution in [3.05, 3.63) is 12.0 Å². The molecule has 0 spiro atoms. The second-order valence-corrected chi connectivity index (χ2v) is 7.35. The molecule has 0 bridgehead atoms. The molecule has 1 aromatic rings. The van der Waals surface area contributed by atoms with E-state index in [1.54, 1.807) is 7.05 Å². The number of aryl methyl sites for hydroxylation is 1. The predicted molar refractivity (Wildman–Crippen MR) is 74.4 cm³/mol. The van der Waals surface area contributed by atoms with Crippen molar-refractivity contribution in [2.75, 3.05) is 13.6 Å². The Morgan fingerprint density at radius 1 is 1.37 bits per heavy atom. The van der Waals surface area contributed by atoms with Crippen molar-refractivity contribution in [1.82, 2.24) is 14.3 Å². The van der Waals surface area contributed by atoms with Crippen molar-refractivity contribution in [3.63, 3.8) is 0 Å². The Morgan fingerprint density at radius 3 is 2.63 bits per heavy atom. The van der Waals surface area contributed by atoms with Gasteiger partial charge in [-0.3, -0.25) is 0 Å². The molecular formula is C13H23N3O2S. The van der Waals surface area contributed by atoms with Crippen LogP contribution in [0.25, 0.3) is 0 Å². The molecule has 1 N–H and O–H groups in total. The molecule has 0 unspecified atom stereocenters. The van der Waals surface area contributed by atoms with Crippen LogP contribution in [0, 0.1) is 5.92 Å². The highest BCUT2D eigenvalue weighted by Crippen LogP contribution is 2.25. The summed E-state index contributed by atoms with van der Waals surface area (Å²) < 4.78 is 26.2. The molecule has 0 amide bonds. The number of aromatic nitrogens is 2. The number of sulfonamides is 1. The molecular weight excluding hydrogens is 262 g/mol. The fourth-order valence-electron chi connectivity index (χ4n) is 2.65. The lowest BCUT2D eigenvalue weighted by Crippen LogP contribution is -2.32. The summed E-state index contributed by atoms with van der Waals surface area (Å²) in [6.45, 7) is 2.56. The highest BCUT2D eigenvalue weighted by Gasteiger charge is 2.26. The summed E-state index contributed by atoms with van der Waals surface area (Å²) >= 11 is 0. The van der Waals surface area contributed by atoms with Gasteiger partial charge in [-0.2, -0.15) is 4.31 Å². The van der Waals surface area contributed by atoms with Gasteiger partial charge < -0.3 is 4.98 Å². The van der Waals surface area contributed by atoms with E-state index in [2.05, 4.69) is 9.97 Å². The Bertz CT molecular complexity index is 504. The predicted octanol–water partition coefficient (Wildman–Crippen LogP) is 2.17. The summed E-state index contributed by atoms with van der Waals surface area (Å²) in [5, 5.41) is 0.211. The van der Waals surface area contributed by atoms with Crippen molar-refractivity contribution in [3.8, 4) is 0 Å². The summed E-state index contributed by atoms with van der Waals surface area (Å²) in [6, 6.07) is 0. The minimum Gasteiger partial charge on any atom is -0.332 e. The standard InChI is InChI=1S/C13H23N3O2S/c1-3-12-14-9-13(15-12)19(17,18)16(2)10-11-7-5-4-6-8-11/h9,11H,3-8,10H2,1-2H3,(H,14,15). The highest BCUT2D eigenvalue weighted by atomic mass is 32.2. The third kappa shape index (κ3) is 3.36. The quantitative estimate of drug-likeness (QED) is 0.901. The molecule has 5 nitrogen and oxygen atoms in total. The van der Waals surface area contributed by atoms with Crippen LogP contribution in [0.4, 0.5) is 0 Å². The monoisotopic (exact) mass is 285 g/mol. The molecule has 1 aromatic heterocycles. The van der Waals surface area contributed by atoms with Gasteiger partial charge in [-0.1, -0.05) is 26.2 Å². The molecule has 108 valence electrons. The maximum atomic E-state index is 12.4. The van der Waals surface area contributed by atoms with E-state index in [0.29, 0.717) is 24.7 Å². The Hall–Kier alpha value is -0.880. The molecule has 0 saturated heterocycles. The first-order valence-corrected chi connectivity index (χ1v) is 8.48.